The van der Waals surface area contributed by atoms with Gasteiger partial charge in [0.1, 0.15) is 0 Å². The van der Waals surface area contributed by atoms with Gasteiger partial charge >= 0.3 is 6.18 Å². The van der Waals surface area contributed by atoms with Crippen molar-refractivity contribution in [3.05, 3.63) is 34.2 Å². The van der Waals surface area contributed by atoms with E-state index in [4.69, 9.17) is 5.73 Å². The van der Waals surface area contributed by atoms with Gasteiger partial charge in [-0.05, 0) is 19.9 Å². The second-order valence-corrected chi connectivity index (χ2v) is 4.14. The van der Waals surface area contributed by atoms with Crippen molar-refractivity contribution >= 4 is 0 Å². The smallest absolute Gasteiger partial charge is 0.328 e. The quantitative estimate of drug-likeness (QED) is 0.844. The maximum atomic E-state index is 12.4. The molecule has 1 heterocycles. The van der Waals surface area contributed by atoms with Gasteiger partial charge in [-0.15, -0.1) is 0 Å². The van der Waals surface area contributed by atoms with E-state index in [1.807, 2.05) is 0 Å². The van der Waals surface area contributed by atoms with Gasteiger partial charge in [0.25, 0.3) is 5.56 Å². The average Bonchev–Trinajstić information content (AvgIpc) is 2.16. The second-order valence-electron chi connectivity index (χ2n) is 4.14. The fourth-order valence-corrected chi connectivity index (χ4v) is 1.23. The minimum Gasteiger partial charge on any atom is -0.328 e. The molecule has 6 heteroatoms. The number of nitrogens with zero attached hydrogens (tertiary/aromatic N) is 1. The number of nitrogens with two attached hydrogens (primary N) is 1. The van der Waals surface area contributed by atoms with Crippen LogP contribution in [-0.4, -0.2) is 11.1 Å². The van der Waals surface area contributed by atoms with Crippen molar-refractivity contribution < 1.29 is 13.2 Å². The maximum absolute atomic E-state index is 12.4. The minimum absolute atomic E-state index is 0.0776. The first-order chi connectivity index (χ1) is 7.18. The van der Waals surface area contributed by atoms with E-state index in [9.17, 15) is 18.0 Å². The summed E-state index contributed by atoms with van der Waals surface area (Å²) in [5.74, 6) is 0. The van der Waals surface area contributed by atoms with Gasteiger partial charge < -0.3 is 10.3 Å². The Balaban J connectivity index is 3.36. The Morgan fingerprint density at radius 2 is 1.88 bits per heavy atom. The van der Waals surface area contributed by atoms with Crippen LogP contribution in [0.3, 0.4) is 0 Å². The molecule has 0 aliphatic rings. The van der Waals surface area contributed by atoms with E-state index in [0.717, 1.165) is 22.9 Å². The van der Waals surface area contributed by atoms with Crippen molar-refractivity contribution in [3.8, 4) is 0 Å². The Hall–Kier alpha value is -1.30. The lowest BCUT2D eigenvalue weighted by atomic mass is 10.1. The third-order valence-corrected chi connectivity index (χ3v) is 2.39. The first-order valence-electron chi connectivity index (χ1n) is 4.69. The molecule has 0 spiro atoms. The van der Waals surface area contributed by atoms with E-state index in [1.165, 1.54) is 0 Å². The Bertz CT molecular complexity index is 434. The van der Waals surface area contributed by atoms with Crippen LogP contribution in [0.5, 0.6) is 0 Å². The van der Waals surface area contributed by atoms with E-state index >= 15 is 0 Å². The molecule has 1 aromatic rings. The molecule has 3 nitrogen and oxygen atoms in total. The standard InChI is InChI=1S/C10H13F3N2O/c1-9(2,6-14)15-5-7(10(11,12)13)3-4-8(15)16/h3-5H,6,14H2,1-2H3. The second kappa shape index (κ2) is 3.93. The number of hydrogen-bond acceptors (Lipinski definition) is 2. The zero-order valence-corrected chi connectivity index (χ0v) is 9.01. The SMILES string of the molecule is CC(C)(CN)n1cc(C(F)(F)F)ccc1=O. The fraction of sp³-hybridized carbons (Fsp3) is 0.500. The van der Waals surface area contributed by atoms with E-state index in [2.05, 4.69) is 0 Å². The zero-order chi connectivity index (χ0) is 12.6. The van der Waals surface area contributed by atoms with Crippen LogP contribution in [-0.2, 0) is 11.7 Å². The van der Waals surface area contributed by atoms with Gasteiger partial charge in [0, 0.05) is 18.8 Å². The van der Waals surface area contributed by atoms with Crippen LogP contribution >= 0.6 is 0 Å². The third kappa shape index (κ3) is 2.44. The third-order valence-electron chi connectivity index (χ3n) is 2.39. The number of pyridine rings is 1. The highest BCUT2D eigenvalue weighted by Crippen LogP contribution is 2.28. The van der Waals surface area contributed by atoms with Crippen LogP contribution < -0.4 is 11.3 Å². The minimum atomic E-state index is -4.46. The highest BCUT2D eigenvalue weighted by molar-refractivity contribution is 5.15. The summed E-state index contributed by atoms with van der Waals surface area (Å²) in [5.41, 5.74) is 3.24. The summed E-state index contributed by atoms with van der Waals surface area (Å²) < 4.78 is 38.3. The molecular weight excluding hydrogens is 221 g/mol. The Kier molecular flexibility index (Phi) is 3.14. The number of hydrogen-bond donors (Lipinski definition) is 1. The first-order valence-corrected chi connectivity index (χ1v) is 4.69. The van der Waals surface area contributed by atoms with Gasteiger partial charge in [0.05, 0.1) is 11.1 Å². The van der Waals surface area contributed by atoms with Gasteiger partial charge in [-0.3, -0.25) is 4.79 Å². The molecule has 0 bridgehead atoms. The molecule has 0 amide bonds. The molecule has 16 heavy (non-hydrogen) atoms. The maximum Gasteiger partial charge on any atom is 0.417 e. The van der Waals surface area contributed by atoms with E-state index in [0.29, 0.717) is 0 Å². The predicted octanol–water partition coefficient (Wildman–Crippen LogP) is 1.56. The first kappa shape index (κ1) is 12.8. The van der Waals surface area contributed by atoms with Gasteiger partial charge in [0.15, 0.2) is 0 Å². The van der Waals surface area contributed by atoms with Gasteiger partial charge in [-0.25, -0.2) is 0 Å². The summed E-state index contributed by atoms with van der Waals surface area (Å²) in [5, 5.41) is 0. The molecule has 0 aliphatic carbocycles. The zero-order valence-electron chi connectivity index (χ0n) is 9.01. The lowest BCUT2D eigenvalue weighted by Gasteiger charge is -2.26. The topological polar surface area (TPSA) is 48.0 Å². The molecule has 0 saturated heterocycles. The highest BCUT2D eigenvalue weighted by Gasteiger charge is 2.32. The molecule has 90 valence electrons. The van der Waals surface area contributed by atoms with Crippen molar-refractivity contribution in [2.75, 3.05) is 6.54 Å². The molecule has 0 fully saturated rings. The van der Waals surface area contributed by atoms with Crippen LogP contribution in [0.1, 0.15) is 19.4 Å². The molecular formula is C10H13F3N2O. The van der Waals surface area contributed by atoms with E-state index in [1.54, 1.807) is 13.8 Å². The van der Waals surface area contributed by atoms with Gasteiger partial charge in [-0.1, -0.05) is 0 Å². The van der Waals surface area contributed by atoms with E-state index < -0.39 is 22.8 Å². The summed E-state index contributed by atoms with van der Waals surface area (Å²) in [6.45, 7) is 3.29. The molecule has 1 rings (SSSR count). The molecule has 0 aliphatic heterocycles. The van der Waals surface area contributed by atoms with Gasteiger partial charge in [0.2, 0.25) is 0 Å². The molecule has 0 unspecified atom stereocenters. The van der Waals surface area contributed by atoms with Gasteiger partial charge in [-0.2, -0.15) is 13.2 Å². The predicted molar refractivity (Wildman–Crippen MR) is 54.1 cm³/mol. The summed E-state index contributed by atoms with van der Waals surface area (Å²) in [6, 6.07) is 1.67. The molecule has 0 radical (unpaired) electrons. The number of aromatic nitrogens is 1. The number of alkyl halides is 3. The van der Waals surface area contributed by atoms with Crippen LogP contribution in [0.2, 0.25) is 0 Å². The van der Waals surface area contributed by atoms with Crippen molar-refractivity contribution in [1.29, 1.82) is 0 Å². The van der Waals surface area contributed by atoms with Crippen molar-refractivity contribution in [2.24, 2.45) is 5.73 Å². The number of halogens is 3. The Morgan fingerprint density at radius 3 is 2.31 bits per heavy atom. The summed E-state index contributed by atoms with van der Waals surface area (Å²) in [6.07, 6.45) is -3.66. The molecule has 0 atom stereocenters. The summed E-state index contributed by atoms with van der Waals surface area (Å²) in [7, 11) is 0. The van der Waals surface area contributed by atoms with Crippen LogP contribution in [0.25, 0.3) is 0 Å². The number of rotatable bonds is 2. The molecule has 0 saturated carbocycles. The van der Waals surface area contributed by atoms with E-state index in [-0.39, 0.29) is 6.54 Å². The van der Waals surface area contributed by atoms with Crippen molar-refractivity contribution in [1.82, 2.24) is 4.57 Å². The monoisotopic (exact) mass is 234 g/mol. The van der Waals surface area contributed by atoms with Crippen molar-refractivity contribution in [2.45, 2.75) is 25.6 Å². The lowest BCUT2D eigenvalue weighted by Crippen LogP contribution is -2.41. The Labute approximate surface area is 90.7 Å². The normalized spacial score (nSPS) is 12.9. The van der Waals surface area contributed by atoms with Crippen LogP contribution in [0.4, 0.5) is 13.2 Å². The van der Waals surface area contributed by atoms with Crippen LogP contribution in [0.15, 0.2) is 23.1 Å². The molecule has 1 aromatic heterocycles. The largest absolute Gasteiger partial charge is 0.417 e. The highest BCUT2D eigenvalue weighted by atomic mass is 19.4. The lowest BCUT2D eigenvalue weighted by molar-refractivity contribution is -0.138. The summed E-state index contributed by atoms with van der Waals surface area (Å²) in [4.78, 5) is 11.4. The fourth-order valence-electron chi connectivity index (χ4n) is 1.23. The Morgan fingerprint density at radius 1 is 1.31 bits per heavy atom. The van der Waals surface area contributed by atoms with Crippen LogP contribution in [0, 0.1) is 0 Å². The summed E-state index contributed by atoms with van der Waals surface area (Å²) >= 11 is 0. The molecule has 0 aromatic carbocycles. The molecule has 2 N–H and O–H groups in total. The average molecular weight is 234 g/mol. The van der Waals surface area contributed by atoms with Crippen molar-refractivity contribution in [3.63, 3.8) is 0 Å².